The Morgan fingerprint density at radius 2 is 1.93 bits per heavy atom. The third kappa shape index (κ3) is 4.21. The van der Waals surface area contributed by atoms with Gasteiger partial charge in [-0.3, -0.25) is 9.59 Å². The average molecular weight is 384 g/mol. The van der Waals surface area contributed by atoms with E-state index in [2.05, 4.69) is 5.32 Å². The van der Waals surface area contributed by atoms with E-state index in [9.17, 15) is 14.7 Å². The third-order valence-electron chi connectivity index (χ3n) is 5.64. The first-order chi connectivity index (χ1) is 13.4. The third-order valence-corrected chi connectivity index (χ3v) is 5.64. The van der Waals surface area contributed by atoms with Crippen LogP contribution in [0.25, 0.3) is 5.69 Å². The number of amides is 1. The lowest BCUT2D eigenvalue weighted by Gasteiger charge is -2.17. The standard InChI is InChI=1S/C22H28N2O4/c1-14-12-20(15(2)24(14)18-8-5-9-19(13-18)28-3)21(25)23-17-7-4-6-16(10-11-17)22(26)27/h5,8-9,12-13,16-17H,4,6-7,10-11H2,1-3H3,(H,23,25)(H,26,27). The highest BCUT2D eigenvalue weighted by Gasteiger charge is 2.25. The van der Waals surface area contributed by atoms with Crippen molar-refractivity contribution < 1.29 is 19.4 Å². The zero-order valence-electron chi connectivity index (χ0n) is 16.7. The quantitative estimate of drug-likeness (QED) is 0.767. The fourth-order valence-electron chi connectivity index (χ4n) is 4.10. The molecule has 1 amide bonds. The van der Waals surface area contributed by atoms with E-state index in [0.717, 1.165) is 35.7 Å². The van der Waals surface area contributed by atoms with Gasteiger partial charge in [0, 0.05) is 29.2 Å². The van der Waals surface area contributed by atoms with Crippen LogP contribution in [0.5, 0.6) is 5.75 Å². The van der Waals surface area contributed by atoms with Crippen LogP contribution >= 0.6 is 0 Å². The molecular formula is C22H28N2O4. The second kappa shape index (κ2) is 8.50. The molecule has 0 spiro atoms. The first kappa shape index (κ1) is 20.0. The number of ether oxygens (including phenoxy) is 1. The molecule has 0 aliphatic heterocycles. The highest BCUT2D eigenvalue weighted by atomic mass is 16.5. The van der Waals surface area contributed by atoms with E-state index in [4.69, 9.17) is 4.74 Å². The van der Waals surface area contributed by atoms with Crippen LogP contribution in [-0.2, 0) is 4.79 Å². The molecule has 1 aliphatic rings. The number of carbonyl (C=O) groups excluding carboxylic acids is 1. The van der Waals surface area contributed by atoms with E-state index >= 15 is 0 Å². The molecule has 1 aromatic carbocycles. The van der Waals surface area contributed by atoms with E-state index in [1.807, 2.05) is 48.7 Å². The van der Waals surface area contributed by atoms with Gasteiger partial charge in [0.2, 0.25) is 0 Å². The van der Waals surface area contributed by atoms with Gasteiger partial charge in [0.05, 0.1) is 18.6 Å². The summed E-state index contributed by atoms with van der Waals surface area (Å²) in [5.74, 6) is -0.350. The molecular weight excluding hydrogens is 356 g/mol. The Morgan fingerprint density at radius 3 is 2.64 bits per heavy atom. The first-order valence-electron chi connectivity index (χ1n) is 9.77. The van der Waals surface area contributed by atoms with Crippen LogP contribution in [0.3, 0.4) is 0 Å². The largest absolute Gasteiger partial charge is 0.497 e. The lowest BCUT2D eigenvalue weighted by Crippen LogP contribution is -2.34. The van der Waals surface area contributed by atoms with Crippen molar-refractivity contribution >= 4 is 11.9 Å². The lowest BCUT2D eigenvalue weighted by molar-refractivity contribution is -0.142. The summed E-state index contributed by atoms with van der Waals surface area (Å²) in [4.78, 5) is 24.1. The second-order valence-electron chi connectivity index (χ2n) is 7.54. The highest BCUT2D eigenvalue weighted by Crippen LogP contribution is 2.26. The van der Waals surface area contributed by atoms with Crippen molar-refractivity contribution in [1.82, 2.24) is 9.88 Å². The van der Waals surface area contributed by atoms with E-state index < -0.39 is 5.97 Å². The summed E-state index contributed by atoms with van der Waals surface area (Å²) in [6.45, 7) is 3.92. The van der Waals surface area contributed by atoms with Crippen molar-refractivity contribution in [2.24, 2.45) is 5.92 Å². The number of nitrogens with zero attached hydrogens (tertiary/aromatic N) is 1. The Bertz CT molecular complexity index is 871. The summed E-state index contributed by atoms with van der Waals surface area (Å²) in [6.07, 6.45) is 3.65. The number of carbonyl (C=O) groups is 2. The molecule has 1 fully saturated rings. The topological polar surface area (TPSA) is 80.6 Å². The molecule has 6 nitrogen and oxygen atoms in total. The lowest BCUT2D eigenvalue weighted by atomic mass is 10.0. The molecule has 1 heterocycles. The molecule has 2 aromatic rings. The Hall–Kier alpha value is -2.76. The zero-order chi connectivity index (χ0) is 20.3. The van der Waals surface area contributed by atoms with Gasteiger partial charge in [-0.25, -0.2) is 0 Å². The summed E-state index contributed by atoms with van der Waals surface area (Å²) < 4.78 is 7.36. The molecule has 0 saturated heterocycles. The van der Waals surface area contributed by atoms with Crippen LogP contribution in [0.1, 0.15) is 53.8 Å². The molecule has 6 heteroatoms. The number of rotatable bonds is 5. The second-order valence-corrected chi connectivity index (χ2v) is 7.54. The number of benzene rings is 1. The van der Waals surface area contributed by atoms with Crippen molar-refractivity contribution in [3.8, 4) is 11.4 Å². The van der Waals surface area contributed by atoms with Gasteiger partial charge in [-0.2, -0.15) is 0 Å². The molecule has 1 aliphatic carbocycles. The van der Waals surface area contributed by atoms with Gasteiger partial charge in [-0.1, -0.05) is 12.5 Å². The molecule has 2 unspecified atom stereocenters. The van der Waals surface area contributed by atoms with Crippen LogP contribution < -0.4 is 10.1 Å². The monoisotopic (exact) mass is 384 g/mol. The normalized spacial score (nSPS) is 19.7. The summed E-state index contributed by atoms with van der Waals surface area (Å²) in [7, 11) is 1.63. The minimum atomic E-state index is -0.728. The maximum absolute atomic E-state index is 12.9. The Labute approximate surface area is 165 Å². The maximum Gasteiger partial charge on any atom is 0.306 e. The average Bonchev–Trinajstić information content (AvgIpc) is 2.83. The van der Waals surface area contributed by atoms with Gasteiger partial charge >= 0.3 is 5.97 Å². The minimum Gasteiger partial charge on any atom is -0.497 e. The SMILES string of the molecule is COc1cccc(-n2c(C)cc(C(=O)NC3CCCC(C(=O)O)CC3)c2C)c1. The van der Waals surface area contributed by atoms with Gasteiger partial charge in [0.1, 0.15) is 5.75 Å². The smallest absolute Gasteiger partial charge is 0.306 e. The van der Waals surface area contributed by atoms with E-state index in [1.165, 1.54) is 0 Å². The zero-order valence-corrected chi connectivity index (χ0v) is 16.7. The number of nitrogens with one attached hydrogen (secondary N) is 1. The summed E-state index contributed by atoms with van der Waals surface area (Å²) in [6, 6.07) is 9.68. The molecule has 3 rings (SSSR count). The predicted molar refractivity (Wildman–Crippen MR) is 107 cm³/mol. The minimum absolute atomic E-state index is 0.0247. The molecule has 2 N–H and O–H groups in total. The van der Waals surface area contributed by atoms with Crippen molar-refractivity contribution in [2.45, 2.75) is 52.0 Å². The molecule has 0 radical (unpaired) electrons. The summed E-state index contributed by atoms with van der Waals surface area (Å²) in [5, 5.41) is 12.3. The van der Waals surface area contributed by atoms with Crippen LogP contribution in [0.4, 0.5) is 0 Å². The van der Waals surface area contributed by atoms with Crippen molar-refractivity contribution in [3.05, 3.63) is 47.3 Å². The van der Waals surface area contributed by atoms with Crippen molar-refractivity contribution in [3.63, 3.8) is 0 Å². The van der Waals surface area contributed by atoms with Crippen LogP contribution in [0, 0.1) is 19.8 Å². The number of aliphatic carboxylic acids is 1. The predicted octanol–water partition coefficient (Wildman–Crippen LogP) is 3.87. The van der Waals surface area contributed by atoms with Crippen LogP contribution in [0.15, 0.2) is 30.3 Å². The molecule has 1 aromatic heterocycles. The number of carboxylic acids is 1. The van der Waals surface area contributed by atoms with Gasteiger partial charge in [0.15, 0.2) is 0 Å². The fourth-order valence-corrected chi connectivity index (χ4v) is 4.10. The van der Waals surface area contributed by atoms with Crippen LogP contribution in [-0.4, -0.2) is 34.7 Å². The number of aromatic nitrogens is 1. The number of hydrogen-bond acceptors (Lipinski definition) is 3. The molecule has 150 valence electrons. The first-order valence-corrected chi connectivity index (χ1v) is 9.77. The van der Waals surface area contributed by atoms with E-state index in [0.29, 0.717) is 24.8 Å². The molecule has 0 bridgehead atoms. The Balaban J connectivity index is 1.77. The maximum atomic E-state index is 12.9. The van der Waals surface area contributed by atoms with Gasteiger partial charge in [-0.15, -0.1) is 0 Å². The van der Waals surface area contributed by atoms with E-state index in [1.54, 1.807) is 7.11 Å². The number of aryl methyl sites for hydroxylation is 1. The molecule has 2 atom stereocenters. The molecule has 1 saturated carbocycles. The Morgan fingerprint density at radius 1 is 1.14 bits per heavy atom. The number of hydrogen-bond donors (Lipinski definition) is 2. The van der Waals surface area contributed by atoms with Gasteiger partial charge in [-0.05, 0) is 57.7 Å². The fraction of sp³-hybridized carbons (Fsp3) is 0.455. The summed E-state index contributed by atoms with van der Waals surface area (Å²) >= 11 is 0. The van der Waals surface area contributed by atoms with E-state index in [-0.39, 0.29) is 17.9 Å². The number of methoxy groups -OCH3 is 1. The van der Waals surface area contributed by atoms with Crippen LogP contribution in [0.2, 0.25) is 0 Å². The van der Waals surface area contributed by atoms with Gasteiger partial charge < -0.3 is 19.7 Å². The number of carboxylic acid groups (broad SMARTS) is 1. The van der Waals surface area contributed by atoms with Crippen molar-refractivity contribution in [1.29, 1.82) is 0 Å². The van der Waals surface area contributed by atoms with Gasteiger partial charge in [0.25, 0.3) is 5.91 Å². The highest BCUT2D eigenvalue weighted by molar-refractivity contribution is 5.96. The molecule has 28 heavy (non-hydrogen) atoms. The summed E-state index contributed by atoms with van der Waals surface area (Å²) in [5.41, 5.74) is 3.45. The van der Waals surface area contributed by atoms with Crippen molar-refractivity contribution in [2.75, 3.05) is 7.11 Å². The Kier molecular flexibility index (Phi) is 6.07.